The summed E-state index contributed by atoms with van der Waals surface area (Å²) in [6, 6.07) is 0. The first-order valence-corrected chi connectivity index (χ1v) is 8.67. The standard InChI is InChI=1S/C13H19N3O3S.C2HF3O2/c1-7(2)13(4-9(13)10(17)18)11(19)15-5-8-6-20-12(14-3)16-8;3-2(4,5)1(6)7/h6-7,9H,4-5H2,1-3H3,(H,14,16)(H,15,19)(H,17,18);(H,6,7)/t9-,13+;/m1./s1. The summed E-state index contributed by atoms with van der Waals surface area (Å²) in [5, 5.41) is 24.7. The molecule has 1 saturated carbocycles. The monoisotopic (exact) mass is 411 g/mol. The molecule has 0 aromatic carbocycles. The summed E-state index contributed by atoms with van der Waals surface area (Å²) in [5.74, 6) is -4.39. The maximum atomic E-state index is 12.3. The molecule has 1 aliphatic rings. The van der Waals surface area contributed by atoms with E-state index in [4.69, 9.17) is 15.0 Å². The first kappa shape index (κ1) is 22.7. The van der Waals surface area contributed by atoms with Gasteiger partial charge >= 0.3 is 18.1 Å². The van der Waals surface area contributed by atoms with Crippen molar-refractivity contribution in [3.8, 4) is 0 Å². The quantitative estimate of drug-likeness (QED) is 0.565. The fourth-order valence-corrected chi connectivity index (χ4v) is 3.25. The van der Waals surface area contributed by atoms with Crippen LogP contribution < -0.4 is 10.6 Å². The second kappa shape index (κ2) is 8.55. The maximum Gasteiger partial charge on any atom is 0.490 e. The van der Waals surface area contributed by atoms with Gasteiger partial charge in [0.1, 0.15) is 0 Å². The molecule has 12 heteroatoms. The van der Waals surface area contributed by atoms with Gasteiger partial charge in [-0.1, -0.05) is 13.8 Å². The molecule has 2 atom stereocenters. The van der Waals surface area contributed by atoms with Crippen molar-refractivity contribution in [2.75, 3.05) is 12.4 Å². The third-order valence-electron chi connectivity index (χ3n) is 4.19. The van der Waals surface area contributed by atoms with Crippen molar-refractivity contribution < 1.29 is 37.8 Å². The molecule has 1 fully saturated rings. The number of carbonyl (C=O) groups is 3. The minimum Gasteiger partial charge on any atom is -0.481 e. The van der Waals surface area contributed by atoms with Crippen LogP contribution in [0.4, 0.5) is 18.3 Å². The van der Waals surface area contributed by atoms with Gasteiger partial charge in [0.2, 0.25) is 5.91 Å². The molecule has 8 nitrogen and oxygen atoms in total. The van der Waals surface area contributed by atoms with Crippen LogP contribution in [0.25, 0.3) is 0 Å². The fourth-order valence-electron chi connectivity index (χ4n) is 2.58. The van der Waals surface area contributed by atoms with Gasteiger partial charge in [0.15, 0.2) is 5.13 Å². The third kappa shape index (κ3) is 5.55. The van der Waals surface area contributed by atoms with E-state index in [1.807, 2.05) is 19.2 Å². The molecule has 1 aliphatic carbocycles. The fraction of sp³-hybridized carbons (Fsp3) is 0.600. The average Bonchev–Trinajstić information content (AvgIpc) is 3.18. The highest BCUT2D eigenvalue weighted by atomic mass is 32.1. The number of nitrogens with zero attached hydrogens (tertiary/aromatic N) is 1. The molecule has 1 aromatic rings. The SMILES string of the molecule is CNc1nc(CNC(=O)[C@]2(C(C)C)C[C@@H]2C(=O)O)cs1.O=C(O)C(F)(F)F. The number of hydrogen-bond acceptors (Lipinski definition) is 6. The van der Waals surface area contributed by atoms with Crippen LogP contribution in [0.3, 0.4) is 0 Å². The first-order chi connectivity index (χ1) is 12.4. The summed E-state index contributed by atoms with van der Waals surface area (Å²) in [6.07, 6.45) is -4.66. The topological polar surface area (TPSA) is 129 Å². The van der Waals surface area contributed by atoms with Gasteiger partial charge in [-0.2, -0.15) is 13.2 Å². The lowest BCUT2D eigenvalue weighted by atomic mass is 9.88. The van der Waals surface area contributed by atoms with Crippen molar-refractivity contribution in [1.82, 2.24) is 10.3 Å². The van der Waals surface area contributed by atoms with Crippen LogP contribution in [-0.2, 0) is 20.9 Å². The highest BCUT2D eigenvalue weighted by Crippen LogP contribution is 2.58. The van der Waals surface area contributed by atoms with Crippen LogP contribution in [0.15, 0.2) is 5.38 Å². The largest absolute Gasteiger partial charge is 0.490 e. The third-order valence-corrected chi connectivity index (χ3v) is 5.10. The van der Waals surface area contributed by atoms with Gasteiger partial charge in [0, 0.05) is 12.4 Å². The summed E-state index contributed by atoms with van der Waals surface area (Å²) in [4.78, 5) is 36.6. The number of carbonyl (C=O) groups excluding carboxylic acids is 1. The molecule has 1 aromatic heterocycles. The summed E-state index contributed by atoms with van der Waals surface area (Å²) in [6.45, 7) is 4.12. The Bertz CT molecular complexity index is 707. The van der Waals surface area contributed by atoms with Crippen molar-refractivity contribution in [3.05, 3.63) is 11.1 Å². The summed E-state index contributed by atoms with van der Waals surface area (Å²) in [7, 11) is 1.79. The van der Waals surface area contributed by atoms with Crippen LogP contribution in [0.5, 0.6) is 0 Å². The zero-order chi connectivity index (χ0) is 21.0. The molecule has 1 amide bonds. The van der Waals surface area contributed by atoms with E-state index in [0.29, 0.717) is 13.0 Å². The molecule has 27 heavy (non-hydrogen) atoms. The Balaban J connectivity index is 0.000000445. The minimum absolute atomic E-state index is 0.00639. The number of aromatic nitrogens is 1. The zero-order valence-corrected chi connectivity index (χ0v) is 15.6. The Labute approximate surface area is 156 Å². The van der Waals surface area contributed by atoms with Crippen molar-refractivity contribution in [2.24, 2.45) is 17.3 Å². The summed E-state index contributed by atoms with van der Waals surface area (Å²) in [5.41, 5.74) is 0.0207. The Morgan fingerprint density at radius 1 is 1.37 bits per heavy atom. The number of alkyl halides is 3. The second-order valence-electron chi connectivity index (χ2n) is 6.17. The molecule has 0 spiro atoms. The van der Waals surface area contributed by atoms with Crippen LogP contribution in [0.1, 0.15) is 26.0 Å². The molecule has 4 N–H and O–H groups in total. The number of hydrogen-bond donors (Lipinski definition) is 4. The minimum atomic E-state index is -5.08. The Morgan fingerprint density at radius 2 is 1.93 bits per heavy atom. The molecular formula is C15H20F3N3O5S. The van der Waals surface area contributed by atoms with E-state index in [-0.39, 0.29) is 11.8 Å². The summed E-state index contributed by atoms with van der Waals surface area (Å²) < 4.78 is 31.7. The Hall–Kier alpha value is -2.37. The van der Waals surface area contributed by atoms with Gasteiger partial charge in [-0.05, 0) is 12.3 Å². The van der Waals surface area contributed by atoms with Crippen LogP contribution >= 0.6 is 11.3 Å². The van der Waals surface area contributed by atoms with E-state index in [1.165, 1.54) is 11.3 Å². The summed E-state index contributed by atoms with van der Waals surface area (Å²) >= 11 is 1.47. The highest BCUT2D eigenvalue weighted by Gasteiger charge is 2.65. The Kier molecular flexibility index (Phi) is 7.18. The van der Waals surface area contributed by atoms with E-state index >= 15 is 0 Å². The van der Waals surface area contributed by atoms with Crippen LogP contribution in [-0.4, -0.2) is 46.3 Å². The molecule has 0 unspecified atom stereocenters. The lowest BCUT2D eigenvalue weighted by Crippen LogP contribution is -2.37. The first-order valence-electron chi connectivity index (χ1n) is 7.79. The number of amides is 1. The number of halogens is 3. The van der Waals surface area contributed by atoms with Gasteiger partial charge in [-0.25, -0.2) is 9.78 Å². The van der Waals surface area contributed by atoms with Gasteiger partial charge in [-0.15, -0.1) is 11.3 Å². The predicted octanol–water partition coefficient (Wildman–Crippen LogP) is 2.18. The average molecular weight is 411 g/mol. The van der Waals surface area contributed by atoms with Crippen LogP contribution in [0, 0.1) is 17.3 Å². The van der Waals surface area contributed by atoms with E-state index in [0.717, 1.165) is 10.8 Å². The van der Waals surface area contributed by atoms with E-state index in [2.05, 4.69) is 15.6 Å². The number of aliphatic carboxylic acids is 2. The van der Waals surface area contributed by atoms with Crippen LogP contribution in [0.2, 0.25) is 0 Å². The van der Waals surface area contributed by atoms with Gasteiger partial charge in [-0.3, -0.25) is 9.59 Å². The van der Waals surface area contributed by atoms with E-state index in [1.54, 1.807) is 7.05 Å². The molecule has 0 radical (unpaired) electrons. The van der Waals surface area contributed by atoms with E-state index in [9.17, 15) is 22.8 Å². The zero-order valence-electron chi connectivity index (χ0n) is 14.8. The second-order valence-corrected chi connectivity index (χ2v) is 7.03. The number of rotatable bonds is 6. The molecule has 2 rings (SSSR count). The smallest absolute Gasteiger partial charge is 0.481 e. The van der Waals surface area contributed by atoms with Crippen molar-refractivity contribution >= 4 is 34.3 Å². The van der Waals surface area contributed by atoms with Crippen molar-refractivity contribution in [1.29, 1.82) is 0 Å². The molecule has 1 heterocycles. The number of thiazole rings is 1. The van der Waals surface area contributed by atoms with E-state index < -0.39 is 29.4 Å². The maximum absolute atomic E-state index is 12.3. The highest BCUT2D eigenvalue weighted by molar-refractivity contribution is 7.13. The Morgan fingerprint density at radius 3 is 2.26 bits per heavy atom. The van der Waals surface area contributed by atoms with Crippen molar-refractivity contribution in [2.45, 2.75) is 33.0 Å². The lowest BCUT2D eigenvalue weighted by Gasteiger charge is -2.19. The molecule has 0 aliphatic heterocycles. The number of anilines is 1. The number of carboxylic acid groups (broad SMARTS) is 2. The predicted molar refractivity (Wildman–Crippen MR) is 90.2 cm³/mol. The number of carboxylic acids is 2. The van der Waals surface area contributed by atoms with Gasteiger partial charge in [0.25, 0.3) is 0 Å². The van der Waals surface area contributed by atoms with Crippen molar-refractivity contribution in [3.63, 3.8) is 0 Å². The van der Waals surface area contributed by atoms with Gasteiger partial charge < -0.3 is 20.8 Å². The molecule has 152 valence electrons. The normalized spacial score (nSPS) is 21.1. The molecule has 0 bridgehead atoms. The lowest BCUT2D eigenvalue weighted by molar-refractivity contribution is -0.192. The van der Waals surface area contributed by atoms with Gasteiger partial charge in [0.05, 0.1) is 23.6 Å². The molecular weight excluding hydrogens is 391 g/mol. The number of nitrogens with one attached hydrogen (secondary N) is 2. The molecule has 0 saturated heterocycles.